The molecule has 1 aliphatic heterocycles. The Balaban J connectivity index is 1.40. The number of ether oxygens (including phenoxy) is 1. The number of anilines is 1. The summed E-state index contributed by atoms with van der Waals surface area (Å²) >= 11 is 6.01. The van der Waals surface area contributed by atoms with Gasteiger partial charge in [-0.25, -0.2) is 9.37 Å². The van der Waals surface area contributed by atoms with Crippen LogP contribution in [0.15, 0.2) is 66.9 Å². The number of halogens is 2. The molecule has 0 bridgehead atoms. The summed E-state index contributed by atoms with van der Waals surface area (Å²) in [6.07, 6.45) is 1.68. The van der Waals surface area contributed by atoms with Gasteiger partial charge in [0.15, 0.2) is 0 Å². The van der Waals surface area contributed by atoms with E-state index >= 15 is 0 Å². The van der Waals surface area contributed by atoms with Gasteiger partial charge in [-0.3, -0.25) is 9.59 Å². The van der Waals surface area contributed by atoms with E-state index in [-0.39, 0.29) is 37.2 Å². The summed E-state index contributed by atoms with van der Waals surface area (Å²) in [7, 11) is 0. The molecule has 158 valence electrons. The summed E-state index contributed by atoms with van der Waals surface area (Å²) in [5, 5.41) is 3.37. The molecule has 3 aromatic rings. The van der Waals surface area contributed by atoms with Crippen molar-refractivity contribution in [2.75, 3.05) is 11.4 Å². The number of hydrogen-bond acceptors (Lipinski definition) is 4. The van der Waals surface area contributed by atoms with Crippen molar-refractivity contribution in [1.82, 2.24) is 10.3 Å². The summed E-state index contributed by atoms with van der Waals surface area (Å²) in [5.41, 5.74) is 1.31. The summed E-state index contributed by atoms with van der Waals surface area (Å²) in [6, 6.07) is 16.2. The molecule has 0 spiro atoms. The van der Waals surface area contributed by atoms with E-state index in [9.17, 15) is 14.0 Å². The van der Waals surface area contributed by atoms with Gasteiger partial charge in [0, 0.05) is 48.0 Å². The lowest BCUT2D eigenvalue weighted by molar-refractivity contribution is -0.126. The number of hydrogen-bond donors (Lipinski definition) is 1. The van der Waals surface area contributed by atoms with Crippen LogP contribution in [0, 0.1) is 11.7 Å². The molecule has 0 radical (unpaired) electrons. The first-order valence-electron chi connectivity index (χ1n) is 9.70. The third kappa shape index (κ3) is 5.00. The standard InChI is InChI=1S/C23H19ClFN3O3/c24-17-5-1-7-19(11-17)28-14-16(10-21(28)29)22(30)27-13-15-4-3-9-26-23(15)31-20-8-2-6-18(25)12-20/h1-9,11-12,16H,10,13-14H2,(H,27,30). The number of rotatable bonds is 6. The van der Waals surface area contributed by atoms with Gasteiger partial charge in [-0.1, -0.05) is 29.8 Å². The number of nitrogens with one attached hydrogen (secondary N) is 1. The number of nitrogens with zero attached hydrogens (tertiary/aromatic N) is 2. The Morgan fingerprint density at radius 2 is 2.03 bits per heavy atom. The van der Waals surface area contributed by atoms with Crippen LogP contribution in [-0.2, 0) is 16.1 Å². The van der Waals surface area contributed by atoms with Crippen molar-refractivity contribution in [2.45, 2.75) is 13.0 Å². The monoisotopic (exact) mass is 439 g/mol. The zero-order valence-electron chi connectivity index (χ0n) is 16.4. The molecule has 1 atom stereocenters. The van der Waals surface area contributed by atoms with E-state index < -0.39 is 11.7 Å². The third-order valence-corrected chi connectivity index (χ3v) is 5.16. The Labute approximate surface area is 183 Å². The van der Waals surface area contributed by atoms with Crippen molar-refractivity contribution in [2.24, 2.45) is 5.92 Å². The highest BCUT2D eigenvalue weighted by molar-refractivity contribution is 6.31. The van der Waals surface area contributed by atoms with E-state index in [0.717, 1.165) is 0 Å². The number of carbonyl (C=O) groups excluding carboxylic acids is 2. The molecule has 0 aliphatic carbocycles. The maximum absolute atomic E-state index is 13.4. The lowest BCUT2D eigenvalue weighted by Gasteiger charge is -2.17. The van der Waals surface area contributed by atoms with Gasteiger partial charge in [-0.15, -0.1) is 0 Å². The minimum Gasteiger partial charge on any atom is -0.439 e. The first-order chi connectivity index (χ1) is 15.0. The molecule has 31 heavy (non-hydrogen) atoms. The molecule has 1 aromatic heterocycles. The van der Waals surface area contributed by atoms with Crippen molar-refractivity contribution in [3.8, 4) is 11.6 Å². The van der Waals surface area contributed by atoms with Gasteiger partial charge in [0.1, 0.15) is 11.6 Å². The highest BCUT2D eigenvalue weighted by Gasteiger charge is 2.35. The summed E-state index contributed by atoms with van der Waals surface area (Å²) in [6.45, 7) is 0.448. The summed E-state index contributed by atoms with van der Waals surface area (Å²) in [4.78, 5) is 30.8. The molecule has 1 aliphatic rings. The predicted molar refractivity (Wildman–Crippen MR) is 114 cm³/mol. The van der Waals surface area contributed by atoms with Crippen LogP contribution in [0.1, 0.15) is 12.0 Å². The van der Waals surface area contributed by atoms with Gasteiger partial charge < -0.3 is 15.0 Å². The normalized spacial score (nSPS) is 15.7. The smallest absolute Gasteiger partial charge is 0.227 e. The van der Waals surface area contributed by atoms with Gasteiger partial charge in [0.25, 0.3) is 0 Å². The largest absolute Gasteiger partial charge is 0.439 e. The fourth-order valence-corrected chi connectivity index (χ4v) is 3.58. The average molecular weight is 440 g/mol. The van der Waals surface area contributed by atoms with Crippen molar-refractivity contribution in [3.05, 3.63) is 83.3 Å². The van der Waals surface area contributed by atoms with E-state index in [1.807, 2.05) is 0 Å². The van der Waals surface area contributed by atoms with Crippen molar-refractivity contribution < 1.29 is 18.7 Å². The topological polar surface area (TPSA) is 71.5 Å². The second kappa shape index (κ2) is 9.14. The van der Waals surface area contributed by atoms with E-state index in [1.165, 1.54) is 18.2 Å². The Morgan fingerprint density at radius 1 is 1.19 bits per heavy atom. The molecular formula is C23H19ClFN3O3. The van der Waals surface area contributed by atoms with Crippen LogP contribution in [0.2, 0.25) is 5.02 Å². The van der Waals surface area contributed by atoms with E-state index in [1.54, 1.807) is 53.6 Å². The molecule has 8 heteroatoms. The fraction of sp³-hybridized carbons (Fsp3) is 0.174. The Kier molecular flexibility index (Phi) is 6.13. The quantitative estimate of drug-likeness (QED) is 0.620. The second-order valence-electron chi connectivity index (χ2n) is 7.13. The predicted octanol–water partition coefficient (Wildman–Crippen LogP) is 4.34. The van der Waals surface area contributed by atoms with Gasteiger partial charge in [-0.05, 0) is 36.4 Å². The number of pyridine rings is 1. The molecular weight excluding hydrogens is 421 g/mol. The zero-order valence-corrected chi connectivity index (χ0v) is 17.2. The number of carbonyl (C=O) groups is 2. The minimum absolute atomic E-state index is 0.123. The molecule has 2 heterocycles. The van der Waals surface area contributed by atoms with Crippen LogP contribution < -0.4 is 15.0 Å². The van der Waals surface area contributed by atoms with Crippen LogP contribution >= 0.6 is 11.6 Å². The summed E-state index contributed by atoms with van der Waals surface area (Å²) in [5.74, 6) is -0.673. The minimum atomic E-state index is -0.476. The Hall–Kier alpha value is -3.45. The Bertz CT molecular complexity index is 1120. The lowest BCUT2D eigenvalue weighted by atomic mass is 10.1. The molecule has 6 nitrogen and oxygen atoms in total. The third-order valence-electron chi connectivity index (χ3n) is 4.93. The van der Waals surface area contributed by atoms with Crippen molar-refractivity contribution in [3.63, 3.8) is 0 Å². The lowest BCUT2D eigenvalue weighted by Crippen LogP contribution is -2.32. The van der Waals surface area contributed by atoms with Crippen LogP contribution in [0.25, 0.3) is 0 Å². The number of aromatic nitrogens is 1. The van der Waals surface area contributed by atoms with Crippen molar-refractivity contribution >= 4 is 29.1 Å². The molecule has 4 rings (SSSR count). The first-order valence-corrected chi connectivity index (χ1v) is 10.1. The zero-order chi connectivity index (χ0) is 21.8. The molecule has 2 aromatic carbocycles. The van der Waals surface area contributed by atoms with E-state index in [0.29, 0.717) is 22.0 Å². The van der Waals surface area contributed by atoms with E-state index in [4.69, 9.17) is 16.3 Å². The van der Waals surface area contributed by atoms with Gasteiger partial charge in [0.05, 0.1) is 5.92 Å². The molecule has 1 N–H and O–H groups in total. The van der Waals surface area contributed by atoms with Crippen LogP contribution in [-0.4, -0.2) is 23.3 Å². The van der Waals surface area contributed by atoms with Gasteiger partial charge in [0.2, 0.25) is 17.7 Å². The van der Waals surface area contributed by atoms with Crippen LogP contribution in [0.5, 0.6) is 11.6 Å². The first kappa shape index (κ1) is 20.8. The molecule has 2 amide bonds. The summed E-state index contributed by atoms with van der Waals surface area (Å²) < 4.78 is 19.1. The SMILES string of the molecule is O=C(NCc1cccnc1Oc1cccc(F)c1)C1CC(=O)N(c2cccc(Cl)c2)C1. The number of amides is 2. The average Bonchev–Trinajstić information content (AvgIpc) is 3.15. The highest BCUT2D eigenvalue weighted by atomic mass is 35.5. The maximum atomic E-state index is 13.4. The molecule has 1 saturated heterocycles. The van der Waals surface area contributed by atoms with Crippen molar-refractivity contribution in [1.29, 1.82) is 0 Å². The van der Waals surface area contributed by atoms with Crippen LogP contribution in [0.4, 0.5) is 10.1 Å². The molecule has 1 unspecified atom stereocenters. The Morgan fingerprint density at radius 3 is 2.84 bits per heavy atom. The highest BCUT2D eigenvalue weighted by Crippen LogP contribution is 2.28. The maximum Gasteiger partial charge on any atom is 0.227 e. The second-order valence-corrected chi connectivity index (χ2v) is 7.57. The number of benzene rings is 2. The van der Waals surface area contributed by atoms with Crippen LogP contribution in [0.3, 0.4) is 0 Å². The molecule has 1 fully saturated rings. The van der Waals surface area contributed by atoms with Gasteiger partial charge >= 0.3 is 0 Å². The molecule has 0 saturated carbocycles. The fourth-order valence-electron chi connectivity index (χ4n) is 3.40. The van der Waals surface area contributed by atoms with Gasteiger partial charge in [-0.2, -0.15) is 0 Å². The van der Waals surface area contributed by atoms with E-state index in [2.05, 4.69) is 10.3 Å².